The van der Waals surface area contributed by atoms with Crippen molar-refractivity contribution in [2.75, 3.05) is 0 Å². The highest BCUT2D eigenvalue weighted by atomic mass is 16.5. The van der Waals surface area contributed by atoms with Crippen LogP contribution < -0.4 is 11.3 Å². The van der Waals surface area contributed by atoms with Gasteiger partial charge in [-0.1, -0.05) is 5.16 Å². The summed E-state index contributed by atoms with van der Waals surface area (Å²) in [6, 6.07) is 1.75. The lowest BCUT2D eigenvalue weighted by molar-refractivity contribution is 0.409. The quantitative estimate of drug-likeness (QED) is 0.406. The molecule has 0 aromatic carbocycles. The summed E-state index contributed by atoms with van der Waals surface area (Å²) < 4.78 is 4.52. The van der Waals surface area contributed by atoms with Crippen molar-refractivity contribution >= 4 is 0 Å². The minimum atomic E-state index is 0.552. The van der Waals surface area contributed by atoms with Crippen molar-refractivity contribution in [3.8, 4) is 0 Å². The van der Waals surface area contributed by atoms with Gasteiger partial charge in [0, 0.05) is 6.07 Å². The summed E-state index contributed by atoms with van der Waals surface area (Å²) in [4.78, 5) is 0. The highest BCUT2D eigenvalue weighted by Crippen LogP contribution is 1.90. The summed E-state index contributed by atoms with van der Waals surface area (Å²) in [5.74, 6) is 4.99. The molecule has 0 radical (unpaired) electrons. The van der Waals surface area contributed by atoms with Crippen LogP contribution in [0.4, 0.5) is 0 Å². The zero-order valence-electron chi connectivity index (χ0n) is 4.29. The molecule has 0 saturated carbocycles. The van der Waals surface area contributed by atoms with Gasteiger partial charge >= 0.3 is 0 Å². The van der Waals surface area contributed by atoms with Crippen LogP contribution in [0.15, 0.2) is 16.9 Å². The Morgan fingerprint density at radius 2 is 2.75 bits per heavy atom. The zero-order chi connectivity index (χ0) is 5.82. The molecule has 3 N–H and O–H groups in total. The van der Waals surface area contributed by atoms with E-state index in [0.717, 1.165) is 5.69 Å². The van der Waals surface area contributed by atoms with Gasteiger partial charge in [0.2, 0.25) is 0 Å². The van der Waals surface area contributed by atoms with Crippen molar-refractivity contribution in [2.45, 2.75) is 6.54 Å². The summed E-state index contributed by atoms with van der Waals surface area (Å²) in [5, 5.41) is 3.59. The van der Waals surface area contributed by atoms with E-state index in [-0.39, 0.29) is 0 Å². The molecule has 0 bridgehead atoms. The first-order valence-electron chi connectivity index (χ1n) is 2.26. The molecule has 0 aliphatic carbocycles. The van der Waals surface area contributed by atoms with E-state index in [1.807, 2.05) is 0 Å². The maximum Gasteiger partial charge on any atom is 0.124 e. The first-order valence-corrected chi connectivity index (χ1v) is 2.26. The van der Waals surface area contributed by atoms with Crippen molar-refractivity contribution in [3.63, 3.8) is 0 Å². The Labute approximate surface area is 46.6 Å². The van der Waals surface area contributed by atoms with E-state index < -0.39 is 0 Å². The summed E-state index contributed by atoms with van der Waals surface area (Å²) in [6.07, 6.45) is 1.51. The maximum atomic E-state index is 4.99. The highest BCUT2D eigenvalue weighted by Gasteiger charge is 1.89. The van der Waals surface area contributed by atoms with Gasteiger partial charge < -0.3 is 4.52 Å². The molecule has 8 heavy (non-hydrogen) atoms. The molecule has 0 aliphatic heterocycles. The summed E-state index contributed by atoms with van der Waals surface area (Å²) >= 11 is 0. The van der Waals surface area contributed by atoms with Crippen LogP contribution in [-0.2, 0) is 6.54 Å². The standard InChI is InChI=1S/C4H7N3O/c5-6-3-4-1-2-8-7-4/h1-2,6H,3,5H2. The predicted octanol–water partition coefficient (Wildman–Crippen LogP) is -0.362. The first kappa shape index (κ1) is 5.27. The number of hydrazine groups is 1. The number of rotatable bonds is 2. The van der Waals surface area contributed by atoms with Crippen LogP contribution in [-0.4, -0.2) is 5.16 Å². The zero-order valence-corrected chi connectivity index (χ0v) is 4.29. The van der Waals surface area contributed by atoms with Gasteiger partial charge in [-0.25, -0.2) is 0 Å². The second kappa shape index (κ2) is 2.44. The van der Waals surface area contributed by atoms with Gasteiger partial charge in [-0.2, -0.15) is 0 Å². The van der Waals surface area contributed by atoms with Gasteiger partial charge in [0.25, 0.3) is 0 Å². The summed E-state index contributed by atoms with van der Waals surface area (Å²) in [6.45, 7) is 0.552. The molecular weight excluding hydrogens is 106 g/mol. The SMILES string of the molecule is NNCc1ccon1. The smallest absolute Gasteiger partial charge is 0.124 e. The second-order valence-corrected chi connectivity index (χ2v) is 1.37. The molecule has 0 aliphatic rings. The Bertz CT molecular complexity index is 137. The monoisotopic (exact) mass is 113 g/mol. The number of nitrogens with zero attached hydrogens (tertiary/aromatic N) is 1. The average molecular weight is 113 g/mol. The van der Waals surface area contributed by atoms with Crippen LogP contribution in [0, 0.1) is 0 Å². The van der Waals surface area contributed by atoms with E-state index in [2.05, 4.69) is 15.1 Å². The minimum absolute atomic E-state index is 0.552. The van der Waals surface area contributed by atoms with Crippen molar-refractivity contribution < 1.29 is 4.52 Å². The number of nitrogens with one attached hydrogen (secondary N) is 1. The number of hydrogen-bond acceptors (Lipinski definition) is 4. The maximum absolute atomic E-state index is 4.99. The van der Waals surface area contributed by atoms with Gasteiger partial charge in [-0.3, -0.25) is 11.3 Å². The van der Waals surface area contributed by atoms with E-state index in [0.29, 0.717) is 6.54 Å². The third kappa shape index (κ3) is 1.05. The molecule has 0 saturated heterocycles. The lowest BCUT2D eigenvalue weighted by Crippen LogP contribution is -2.20. The molecule has 1 rings (SSSR count). The molecule has 1 heterocycles. The van der Waals surface area contributed by atoms with Crippen LogP contribution in [0.2, 0.25) is 0 Å². The van der Waals surface area contributed by atoms with Crippen LogP contribution in [0.25, 0.3) is 0 Å². The number of nitrogens with two attached hydrogens (primary N) is 1. The van der Waals surface area contributed by atoms with Gasteiger partial charge in [-0.05, 0) is 0 Å². The lowest BCUT2D eigenvalue weighted by Gasteiger charge is -1.87. The van der Waals surface area contributed by atoms with Crippen molar-refractivity contribution in [3.05, 3.63) is 18.0 Å². The predicted molar refractivity (Wildman–Crippen MR) is 27.5 cm³/mol. The van der Waals surface area contributed by atoms with Gasteiger partial charge in [-0.15, -0.1) is 0 Å². The number of hydrogen-bond donors (Lipinski definition) is 2. The Hall–Kier alpha value is -0.870. The molecule has 0 spiro atoms. The number of aromatic nitrogens is 1. The lowest BCUT2D eigenvalue weighted by atomic mass is 10.4. The Morgan fingerprint density at radius 1 is 1.88 bits per heavy atom. The van der Waals surface area contributed by atoms with Crippen molar-refractivity contribution in [1.82, 2.24) is 10.6 Å². The molecule has 44 valence electrons. The van der Waals surface area contributed by atoms with Crippen molar-refractivity contribution in [2.24, 2.45) is 5.84 Å². The molecule has 1 aromatic heterocycles. The van der Waals surface area contributed by atoms with Crippen molar-refractivity contribution in [1.29, 1.82) is 0 Å². The minimum Gasteiger partial charge on any atom is -0.364 e. The van der Waals surface area contributed by atoms with Crippen LogP contribution in [0.3, 0.4) is 0 Å². The summed E-state index contributed by atoms with van der Waals surface area (Å²) in [7, 11) is 0. The van der Waals surface area contributed by atoms with Gasteiger partial charge in [0.1, 0.15) is 6.26 Å². The van der Waals surface area contributed by atoms with E-state index in [1.54, 1.807) is 6.07 Å². The first-order chi connectivity index (χ1) is 3.93. The van der Waals surface area contributed by atoms with Gasteiger partial charge in [0.05, 0.1) is 12.2 Å². The molecule has 4 heteroatoms. The fourth-order valence-electron chi connectivity index (χ4n) is 0.433. The molecule has 0 unspecified atom stereocenters. The third-order valence-electron chi connectivity index (χ3n) is 0.774. The van der Waals surface area contributed by atoms with E-state index in [9.17, 15) is 0 Å². The topological polar surface area (TPSA) is 64.1 Å². The van der Waals surface area contributed by atoms with Crippen LogP contribution in [0.1, 0.15) is 5.69 Å². The fraction of sp³-hybridized carbons (Fsp3) is 0.250. The van der Waals surface area contributed by atoms with E-state index in [4.69, 9.17) is 5.84 Å². The highest BCUT2D eigenvalue weighted by molar-refractivity contribution is 4.93. The molecule has 4 nitrogen and oxygen atoms in total. The Kier molecular flexibility index (Phi) is 1.61. The van der Waals surface area contributed by atoms with Crippen LogP contribution >= 0.6 is 0 Å². The largest absolute Gasteiger partial charge is 0.364 e. The fourth-order valence-corrected chi connectivity index (χ4v) is 0.433. The Morgan fingerprint density at radius 3 is 3.25 bits per heavy atom. The van der Waals surface area contributed by atoms with E-state index in [1.165, 1.54) is 6.26 Å². The molecule has 1 aromatic rings. The average Bonchev–Trinajstić information content (AvgIpc) is 2.19. The third-order valence-corrected chi connectivity index (χ3v) is 0.774. The molecule has 0 amide bonds. The molecule has 0 atom stereocenters. The molecular formula is C4H7N3O. The molecule has 0 fully saturated rings. The Balaban J connectivity index is 2.50. The summed E-state index contributed by atoms with van der Waals surface area (Å²) in [5.41, 5.74) is 3.26. The van der Waals surface area contributed by atoms with Gasteiger partial charge in [0.15, 0.2) is 0 Å². The normalized spacial score (nSPS) is 9.62. The second-order valence-electron chi connectivity index (χ2n) is 1.37. The van der Waals surface area contributed by atoms with Crippen LogP contribution in [0.5, 0.6) is 0 Å². The van der Waals surface area contributed by atoms with E-state index >= 15 is 0 Å².